The van der Waals surface area contributed by atoms with E-state index < -0.39 is 12.6 Å². The minimum Gasteiger partial charge on any atom is -0.343 e. The third kappa shape index (κ3) is 17.2. The van der Waals surface area contributed by atoms with Crippen molar-refractivity contribution >= 4 is 0 Å². The van der Waals surface area contributed by atoms with Crippen molar-refractivity contribution in [2.24, 2.45) is 0 Å². The predicted octanol–water partition coefficient (Wildman–Crippen LogP) is 2.29. The van der Waals surface area contributed by atoms with Gasteiger partial charge in [0.25, 0.3) is 0 Å². The number of halogens is 3. The van der Waals surface area contributed by atoms with E-state index in [-0.39, 0.29) is 29.6 Å². The Kier molecular flexibility index (Phi) is 14.7. The Bertz CT molecular complexity index is 135. The van der Waals surface area contributed by atoms with Gasteiger partial charge in [-0.25, -0.2) is 0 Å². The summed E-state index contributed by atoms with van der Waals surface area (Å²) >= 11 is 0. The molecular formula is C12H22F3Na. The Balaban J connectivity index is 0. The molecule has 0 atom stereocenters. The molecule has 0 N–H and O–H groups in total. The second-order valence-corrected chi connectivity index (χ2v) is 4.05. The van der Waals surface area contributed by atoms with Gasteiger partial charge in [-0.15, -0.1) is 0 Å². The first-order valence-electron chi connectivity index (χ1n) is 5.92. The maximum absolute atomic E-state index is 11.8. The normalized spacial score (nSPS) is 11.2. The van der Waals surface area contributed by atoms with Gasteiger partial charge in [0, 0.05) is 6.42 Å². The van der Waals surface area contributed by atoms with Crippen molar-refractivity contribution in [1.82, 2.24) is 0 Å². The van der Waals surface area contributed by atoms with Crippen LogP contribution in [0, 0.1) is 6.92 Å². The van der Waals surface area contributed by atoms with Gasteiger partial charge in [0.05, 0.1) is 0 Å². The molecule has 0 aromatic carbocycles. The monoisotopic (exact) mass is 246 g/mol. The third-order valence-corrected chi connectivity index (χ3v) is 2.46. The molecule has 0 amide bonds. The molecule has 0 nitrogen and oxygen atoms in total. The molecule has 0 saturated heterocycles. The van der Waals surface area contributed by atoms with Crippen molar-refractivity contribution in [3.8, 4) is 0 Å². The Morgan fingerprint density at radius 3 is 1.44 bits per heavy atom. The van der Waals surface area contributed by atoms with Gasteiger partial charge < -0.3 is 6.92 Å². The molecule has 0 aliphatic rings. The Labute approximate surface area is 120 Å². The largest absolute Gasteiger partial charge is 1.00 e. The summed E-state index contributed by atoms with van der Waals surface area (Å²) in [6, 6.07) is 0. The van der Waals surface area contributed by atoms with E-state index in [1.54, 1.807) is 0 Å². The first-order valence-corrected chi connectivity index (χ1v) is 5.92. The van der Waals surface area contributed by atoms with Crippen LogP contribution in [0.1, 0.15) is 64.2 Å². The number of hydrogen-bond acceptors (Lipinski definition) is 0. The number of rotatable bonds is 9. The smallest absolute Gasteiger partial charge is 0.343 e. The molecule has 4 heteroatoms. The van der Waals surface area contributed by atoms with Crippen molar-refractivity contribution in [1.29, 1.82) is 0 Å². The van der Waals surface area contributed by atoms with Crippen LogP contribution in [0.25, 0.3) is 0 Å². The zero-order chi connectivity index (χ0) is 11.6. The summed E-state index contributed by atoms with van der Waals surface area (Å²) in [5, 5.41) is 0. The van der Waals surface area contributed by atoms with Crippen LogP contribution < -0.4 is 29.6 Å². The van der Waals surface area contributed by atoms with Gasteiger partial charge in [0.1, 0.15) is 0 Å². The van der Waals surface area contributed by atoms with Crippen molar-refractivity contribution in [3.63, 3.8) is 0 Å². The van der Waals surface area contributed by atoms with E-state index in [2.05, 4.69) is 6.92 Å². The molecule has 0 unspecified atom stereocenters. The fourth-order valence-electron chi connectivity index (χ4n) is 1.56. The molecule has 92 valence electrons. The van der Waals surface area contributed by atoms with E-state index in [1.807, 2.05) is 0 Å². The van der Waals surface area contributed by atoms with Gasteiger partial charge in [-0.1, -0.05) is 44.9 Å². The molecule has 0 aromatic rings. The molecule has 0 bridgehead atoms. The summed E-state index contributed by atoms with van der Waals surface area (Å²) in [4.78, 5) is 0. The SMILES string of the molecule is [CH2-]CCCCCCCCCCC(F)(F)F.[Na+]. The number of alkyl halides is 3. The second-order valence-electron chi connectivity index (χ2n) is 4.05. The Morgan fingerprint density at radius 1 is 0.688 bits per heavy atom. The molecule has 0 saturated carbocycles. The summed E-state index contributed by atoms with van der Waals surface area (Å²) in [5.74, 6) is 0. The van der Waals surface area contributed by atoms with Crippen molar-refractivity contribution < 1.29 is 42.7 Å². The van der Waals surface area contributed by atoms with E-state index in [9.17, 15) is 13.2 Å². The van der Waals surface area contributed by atoms with Gasteiger partial charge in [0.15, 0.2) is 0 Å². The van der Waals surface area contributed by atoms with Crippen molar-refractivity contribution in [2.75, 3.05) is 0 Å². The van der Waals surface area contributed by atoms with Crippen molar-refractivity contribution in [2.45, 2.75) is 70.4 Å². The molecule has 0 spiro atoms. The minimum atomic E-state index is -3.96. The van der Waals surface area contributed by atoms with Crippen molar-refractivity contribution in [3.05, 3.63) is 6.92 Å². The summed E-state index contributed by atoms with van der Waals surface area (Å²) in [5.41, 5.74) is 0. The fourth-order valence-corrected chi connectivity index (χ4v) is 1.56. The van der Waals surface area contributed by atoms with Gasteiger partial charge in [-0.05, 0) is 6.42 Å². The molecule has 0 aliphatic heterocycles. The zero-order valence-corrected chi connectivity index (χ0v) is 12.4. The quantitative estimate of drug-likeness (QED) is 0.333. The van der Waals surface area contributed by atoms with Gasteiger partial charge >= 0.3 is 35.7 Å². The van der Waals surface area contributed by atoms with Crippen LogP contribution >= 0.6 is 0 Å². The van der Waals surface area contributed by atoms with Crippen LogP contribution in [-0.2, 0) is 0 Å². The molecule has 0 aliphatic carbocycles. The Morgan fingerprint density at radius 2 is 1.06 bits per heavy atom. The zero-order valence-electron chi connectivity index (χ0n) is 10.4. The number of unbranched alkanes of at least 4 members (excludes halogenated alkanes) is 8. The van der Waals surface area contributed by atoms with Crippen LogP contribution in [0.5, 0.6) is 0 Å². The topological polar surface area (TPSA) is 0 Å². The van der Waals surface area contributed by atoms with Crippen LogP contribution in [0.15, 0.2) is 0 Å². The fraction of sp³-hybridized carbons (Fsp3) is 0.917. The molecule has 0 rings (SSSR count). The van der Waals surface area contributed by atoms with Gasteiger partial charge in [-0.3, -0.25) is 0 Å². The van der Waals surface area contributed by atoms with E-state index in [0.29, 0.717) is 6.42 Å². The van der Waals surface area contributed by atoms with Gasteiger partial charge in [0.2, 0.25) is 0 Å². The van der Waals surface area contributed by atoms with E-state index >= 15 is 0 Å². The Hall–Kier alpha value is 0.790. The van der Waals surface area contributed by atoms with E-state index in [0.717, 1.165) is 32.1 Å². The molecular weight excluding hydrogens is 224 g/mol. The summed E-state index contributed by atoms with van der Waals surface area (Å²) in [6.45, 7) is 3.76. The second kappa shape index (κ2) is 12.3. The van der Waals surface area contributed by atoms with Gasteiger partial charge in [-0.2, -0.15) is 19.6 Å². The standard InChI is InChI=1S/C12H22F3.Na/c1-2-3-4-5-6-7-8-9-10-11-12(13,14)15;/h1-11H2;/q-1;+1. The van der Waals surface area contributed by atoms with Crippen LogP contribution in [-0.4, -0.2) is 6.18 Å². The number of hydrogen-bond donors (Lipinski definition) is 0. The minimum absolute atomic E-state index is 0. The average Bonchev–Trinajstić information content (AvgIpc) is 2.14. The first-order chi connectivity index (χ1) is 7.06. The maximum Gasteiger partial charge on any atom is 1.00 e. The predicted molar refractivity (Wildman–Crippen MR) is 57.6 cm³/mol. The summed E-state index contributed by atoms with van der Waals surface area (Å²) in [6.07, 6.45) is 4.20. The van der Waals surface area contributed by atoms with Crippen LogP contribution in [0.3, 0.4) is 0 Å². The molecule has 16 heavy (non-hydrogen) atoms. The molecule has 0 heterocycles. The first kappa shape index (κ1) is 19.1. The summed E-state index contributed by atoms with van der Waals surface area (Å²) in [7, 11) is 0. The maximum atomic E-state index is 11.8. The molecule has 0 aromatic heterocycles. The molecule has 0 fully saturated rings. The molecule has 0 radical (unpaired) electrons. The summed E-state index contributed by atoms with van der Waals surface area (Å²) < 4.78 is 35.3. The average molecular weight is 246 g/mol. The van der Waals surface area contributed by atoms with E-state index in [1.165, 1.54) is 19.3 Å². The van der Waals surface area contributed by atoms with E-state index in [4.69, 9.17) is 0 Å². The van der Waals surface area contributed by atoms with Crippen LogP contribution in [0.4, 0.5) is 13.2 Å². The third-order valence-electron chi connectivity index (χ3n) is 2.46. The van der Waals surface area contributed by atoms with Crippen LogP contribution in [0.2, 0.25) is 0 Å².